The van der Waals surface area contributed by atoms with Crippen molar-refractivity contribution in [2.75, 3.05) is 26.4 Å². The van der Waals surface area contributed by atoms with Crippen LogP contribution in [0.1, 0.15) is 31.9 Å². The Balaban J connectivity index is 1.86. The summed E-state index contributed by atoms with van der Waals surface area (Å²) in [5, 5.41) is 2.05. The standard InChI is InChI=1S/C15H24N2O2S/c1-2-3-4-8-18-9-5-14(16)6-10-19-11-7-15-12-20-13-17-15/h12-14H,4-11,16H2,1H3. The number of hydrogen-bond acceptors (Lipinski definition) is 5. The molecule has 5 heteroatoms. The van der Waals surface area contributed by atoms with Crippen LogP contribution in [0.5, 0.6) is 0 Å². The van der Waals surface area contributed by atoms with E-state index in [1.807, 2.05) is 12.4 Å². The van der Waals surface area contributed by atoms with Crippen molar-refractivity contribution in [3.8, 4) is 11.8 Å². The van der Waals surface area contributed by atoms with E-state index < -0.39 is 0 Å². The fourth-order valence-electron chi connectivity index (χ4n) is 1.60. The van der Waals surface area contributed by atoms with Crippen LogP contribution in [0, 0.1) is 11.8 Å². The van der Waals surface area contributed by atoms with Crippen molar-refractivity contribution < 1.29 is 9.47 Å². The summed E-state index contributed by atoms with van der Waals surface area (Å²) < 4.78 is 11.0. The molecule has 0 amide bonds. The predicted molar refractivity (Wildman–Crippen MR) is 82.7 cm³/mol. The fraction of sp³-hybridized carbons (Fsp3) is 0.667. The molecule has 0 aliphatic rings. The quantitative estimate of drug-likeness (QED) is 0.502. The van der Waals surface area contributed by atoms with E-state index in [0.717, 1.165) is 31.4 Å². The molecule has 1 rings (SSSR count). The third-order valence-corrected chi connectivity index (χ3v) is 3.44. The molecular formula is C15H24N2O2S. The van der Waals surface area contributed by atoms with E-state index in [4.69, 9.17) is 15.2 Å². The second kappa shape index (κ2) is 11.9. The average Bonchev–Trinajstić information content (AvgIpc) is 2.95. The maximum Gasteiger partial charge on any atom is 0.0794 e. The van der Waals surface area contributed by atoms with E-state index in [2.05, 4.69) is 22.2 Å². The highest BCUT2D eigenvalue weighted by atomic mass is 32.1. The Morgan fingerprint density at radius 1 is 1.25 bits per heavy atom. The van der Waals surface area contributed by atoms with Crippen LogP contribution in [0.2, 0.25) is 0 Å². The summed E-state index contributed by atoms with van der Waals surface area (Å²) in [7, 11) is 0. The molecule has 0 bridgehead atoms. The van der Waals surface area contributed by atoms with Gasteiger partial charge in [-0.25, -0.2) is 4.98 Å². The van der Waals surface area contributed by atoms with Crippen molar-refractivity contribution in [3.63, 3.8) is 0 Å². The van der Waals surface area contributed by atoms with Gasteiger partial charge < -0.3 is 15.2 Å². The van der Waals surface area contributed by atoms with Gasteiger partial charge in [0.05, 0.1) is 24.4 Å². The van der Waals surface area contributed by atoms with Gasteiger partial charge in [0.15, 0.2) is 0 Å². The van der Waals surface area contributed by atoms with Crippen LogP contribution in [0.4, 0.5) is 0 Å². The number of aromatic nitrogens is 1. The van der Waals surface area contributed by atoms with Crippen LogP contribution < -0.4 is 5.73 Å². The predicted octanol–water partition coefficient (Wildman–Crippen LogP) is 2.24. The number of nitrogens with two attached hydrogens (primary N) is 1. The van der Waals surface area contributed by atoms with E-state index >= 15 is 0 Å². The minimum atomic E-state index is 0.145. The van der Waals surface area contributed by atoms with E-state index in [9.17, 15) is 0 Å². The second-order valence-electron chi connectivity index (χ2n) is 4.47. The van der Waals surface area contributed by atoms with Crippen molar-refractivity contribution in [2.45, 2.75) is 38.6 Å². The first-order valence-electron chi connectivity index (χ1n) is 7.00. The lowest BCUT2D eigenvalue weighted by atomic mass is 10.2. The largest absolute Gasteiger partial charge is 0.381 e. The van der Waals surface area contributed by atoms with Gasteiger partial charge in [0.25, 0.3) is 0 Å². The fourth-order valence-corrected chi connectivity index (χ4v) is 2.20. The van der Waals surface area contributed by atoms with Crippen LogP contribution in [-0.4, -0.2) is 37.5 Å². The molecule has 4 nitrogen and oxygen atoms in total. The molecule has 0 aliphatic carbocycles. The summed E-state index contributed by atoms with van der Waals surface area (Å²) in [4.78, 5) is 4.21. The maximum absolute atomic E-state index is 5.99. The molecule has 20 heavy (non-hydrogen) atoms. The molecule has 0 fully saturated rings. The Morgan fingerprint density at radius 2 is 2.00 bits per heavy atom. The number of thiazole rings is 1. The lowest BCUT2D eigenvalue weighted by Crippen LogP contribution is -2.24. The molecule has 112 valence electrons. The normalized spacial score (nSPS) is 11.9. The average molecular weight is 296 g/mol. The highest BCUT2D eigenvalue weighted by molar-refractivity contribution is 7.07. The van der Waals surface area contributed by atoms with Crippen molar-refractivity contribution in [2.24, 2.45) is 5.73 Å². The van der Waals surface area contributed by atoms with E-state index in [1.165, 1.54) is 0 Å². The monoisotopic (exact) mass is 296 g/mol. The van der Waals surface area contributed by atoms with E-state index in [1.54, 1.807) is 11.3 Å². The molecule has 0 saturated heterocycles. The molecule has 1 unspecified atom stereocenters. The van der Waals surface area contributed by atoms with Crippen LogP contribution in [0.3, 0.4) is 0 Å². The zero-order valence-electron chi connectivity index (χ0n) is 12.1. The minimum Gasteiger partial charge on any atom is -0.381 e. The summed E-state index contributed by atoms with van der Waals surface area (Å²) >= 11 is 1.62. The second-order valence-corrected chi connectivity index (χ2v) is 5.19. The third-order valence-electron chi connectivity index (χ3n) is 2.80. The van der Waals surface area contributed by atoms with Gasteiger partial charge in [-0.05, 0) is 19.8 Å². The van der Waals surface area contributed by atoms with Crippen LogP contribution >= 0.6 is 11.3 Å². The van der Waals surface area contributed by atoms with Crippen LogP contribution in [0.15, 0.2) is 10.9 Å². The Morgan fingerprint density at radius 3 is 2.65 bits per heavy atom. The Hall–Kier alpha value is -0.930. The molecule has 0 spiro atoms. The van der Waals surface area contributed by atoms with Gasteiger partial charge in [0.2, 0.25) is 0 Å². The third kappa shape index (κ3) is 9.05. The van der Waals surface area contributed by atoms with Crippen LogP contribution in [0.25, 0.3) is 0 Å². The van der Waals surface area contributed by atoms with Gasteiger partial charge >= 0.3 is 0 Å². The van der Waals surface area contributed by atoms with Gasteiger partial charge in [-0.2, -0.15) is 0 Å². The summed E-state index contributed by atoms with van der Waals surface area (Å²) in [5.41, 5.74) is 8.94. The number of ether oxygens (including phenoxy) is 2. The van der Waals surface area contributed by atoms with Gasteiger partial charge in [0.1, 0.15) is 0 Å². The lowest BCUT2D eigenvalue weighted by molar-refractivity contribution is 0.112. The summed E-state index contributed by atoms with van der Waals surface area (Å²) in [5.74, 6) is 5.81. The molecule has 1 atom stereocenters. The molecule has 1 heterocycles. The molecule has 0 aliphatic heterocycles. The zero-order chi connectivity index (χ0) is 14.5. The summed E-state index contributed by atoms with van der Waals surface area (Å²) in [6, 6.07) is 0.145. The zero-order valence-corrected chi connectivity index (χ0v) is 13.0. The number of nitrogens with zero attached hydrogens (tertiary/aromatic N) is 1. The topological polar surface area (TPSA) is 57.4 Å². The first-order chi connectivity index (χ1) is 9.83. The molecule has 2 N–H and O–H groups in total. The SMILES string of the molecule is CC#CCCOCCC(N)CCOCCc1cscn1. The molecule has 0 saturated carbocycles. The van der Waals surface area contributed by atoms with Crippen molar-refractivity contribution in [1.82, 2.24) is 4.98 Å². The van der Waals surface area contributed by atoms with Gasteiger partial charge in [-0.3, -0.25) is 0 Å². The van der Waals surface area contributed by atoms with Gasteiger partial charge in [0, 0.05) is 37.5 Å². The smallest absolute Gasteiger partial charge is 0.0794 e. The summed E-state index contributed by atoms with van der Waals surface area (Å²) in [6.07, 6.45) is 3.41. The van der Waals surface area contributed by atoms with Crippen molar-refractivity contribution >= 4 is 11.3 Å². The Bertz CT molecular complexity index is 384. The first-order valence-corrected chi connectivity index (χ1v) is 7.95. The van der Waals surface area contributed by atoms with Gasteiger partial charge in [-0.1, -0.05) is 0 Å². The lowest BCUT2D eigenvalue weighted by Gasteiger charge is -2.11. The Kier molecular flexibility index (Phi) is 10.2. The summed E-state index contributed by atoms with van der Waals surface area (Å²) in [6.45, 7) is 4.64. The maximum atomic E-state index is 5.99. The van der Waals surface area contributed by atoms with Crippen molar-refractivity contribution in [1.29, 1.82) is 0 Å². The molecular weight excluding hydrogens is 272 g/mol. The minimum absolute atomic E-state index is 0.145. The van der Waals surface area contributed by atoms with Gasteiger partial charge in [-0.15, -0.1) is 23.2 Å². The molecule has 0 aromatic carbocycles. The molecule has 1 aromatic rings. The molecule has 1 aromatic heterocycles. The van der Waals surface area contributed by atoms with E-state index in [0.29, 0.717) is 26.4 Å². The van der Waals surface area contributed by atoms with Crippen molar-refractivity contribution in [3.05, 3.63) is 16.6 Å². The number of rotatable bonds is 11. The molecule has 0 radical (unpaired) electrons. The van der Waals surface area contributed by atoms with E-state index in [-0.39, 0.29) is 6.04 Å². The Labute approximate surface area is 125 Å². The number of hydrogen-bond donors (Lipinski definition) is 1. The first kappa shape index (κ1) is 17.1. The van der Waals surface area contributed by atoms with Crippen LogP contribution in [-0.2, 0) is 15.9 Å². The highest BCUT2D eigenvalue weighted by Gasteiger charge is 2.03. The highest BCUT2D eigenvalue weighted by Crippen LogP contribution is 2.02.